The summed E-state index contributed by atoms with van der Waals surface area (Å²) >= 11 is 10.6. The van der Waals surface area contributed by atoms with Crippen molar-refractivity contribution in [1.29, 1.82) is 0 Å². The average molecular weight is 290 g/mol. The molecule has 0 spiro atoms. The maximum Gasteiger partial charge on any atom is 0.269 e. The van der Waals surface area contributed by atoms with Crippen LogP contribution in [0.25, 0.3) is 0 Å². The van der Waals surface area contributed by atoms with Crippen LogP contribution in [0, 0.1) is 10.1 Å². The van der Waals surface area contributed by atoms with Crippen molar-refractivity contribution in [2.75, 3.05) is 0 Å². The number of nitrogens with zero attached hydrogens (tertiary/aromatic N) is 1. The molecule has 0 amide bonds. The maximum absolute atomic E-state index is 10.9. The average Bonchev–Trinajstić information content (AvgIpc) is 2.27. The molecule has 0 N–H and O–H groups in total. The van der Waals surface area contributed by atoms with Gasteiger partial charge in [-0.1, -0.05) is 12.1 Å². The third kappa shape index (κ3) is 4.43. The molecular weight excluding hydrogens is 281 g/mol. The Labute approximate surface area is 113 Å². The fourth-order valence-electron chi connectivity index (χ4n) is 1.59. The molecule has 1 aromatic carbocycles. The van der Waals surface area contributed by atoms with Crippen LogP contribution in [0.3, 0.4) is 0 Å². The highest BCUT2D eigenvalue weighted by Crippen LogP contribution is 2.28. The smallest absolute Gasteiger partial charge is 0.269 e. The lowest BCUT2D eigenvalue weighted by molar-refractivity contribution is -0.384. The molecule has 1 aromatic rings. The summed E-state index contributed by atoms with van der Waals surface area (Å²) in [5, 5.41) is 9.40. The molecule has 0 unspecified atom stereocenters. The Morgan fingerprint density at radius 3 is 2.22 bits per heavy atom. The van der Waals surface area contributed by atoms with E-state index in [0.29, 0.717) is 5.56 Å². The van der Waals surface area contributed by atoms with Crippen LogP contribution in [-0.2, 0) is 9.59 Å². The van der Waals surface area contributed by atoms with E-state index in [0.717, 1.165) is 0 Å². The van der Waals surface area contributed by atoms with Gasteiger partial charge in [0.05, 0.1) is 4.92 Å². The van der Waals surface area contributed by atoms with Crippen LogP contribution in [-0.4, -0.2) is 15.4 Å². The lowest BCUT2D eigenvalue weighted by Gasteiger charge is -2.12. The predicted molar refractivity (Wildman–Crippen MR) is 66.8 cm³/mol. The van der Waals surface area contributed by atoms with Crippen molar-refractivity contribution in [3.63, 3.8) is 0 Å². The van der Waals surface area contributed by atoms with Crippen LogP contribution in [0.15, 0.2) is 24.3 Å². The van der Waals surface area contributed by atoms with E-state index < -0.39 is 21.3 Å². The van der Waals surface area contributed by atoms with Gasteiger partial charge in [0.15, 0.2) is 0 Å². The molecule has 0 aliphatic carbocycles. The molecule has 1 rings (SSSR count). The van der Waals surface area contributed by atoms with Gasteiger partial charge in [-0.3, -0.25) is 19.7 Å². The van der Waals surface area contributed by atoms with Crippen molar-refractivity contribution in [3.8, 4) is 0 Å². The van der Waals surface area contributed by atoms with Gasteiger partial charge in [-0.15, -0.1) is 0 Å². The standard InChI is InChI=1S/C11H9Cl2NO4/c12-10(15)5-8(6-11(13)16)7-2-1-3-9(4-7)14(17)18/h1-4,8H,5-6H2. The van der Waals surface area contributed by atoms with Crippen molar-refractivity contribution in [1.82, 2.24) is 0 Å². The highest BCUT2D eigenvalue weighted by atomic mass is 35.5. The Balaban J connectivity index is 3.03. The van der Waals surface area contributed by atoms with E-state index in [9.17, 15) is 19.7 Å². The highest BCUT2D eigenvalue weighted by Gasteiger charge is 2.19. The van der Waals surface area contributed by atoms with Gasteiger partial charge in [-0.05, 0) is 28.8 Å². The van der Waals surface area contributed by atoms with Crippen molar-refractivity contribution >= 4 is 39.4 Å². The Bertz CT molecular complexity index is 474. The molecule has 7 heteroatoms. The molecular formula is C11H9Cl2NO4. The van der Waals surface area contributed by atoms with Crippen LogP contribution in [0.4, 0.5) is 5.69 Å². The zero-order valence-electron chi connectivity index (χ0n) is 9.14. The third-order valence-corrected chi connectivity index (χ3v) is 2.67. The number of nitro groups is 1. The summed E-state index contributed by atoms with van der Waals surface area (Å²) in [5.74, 6) is -0.542. The van der Waals surface area contributed by atoms with E-state index in [-0.39, 0.29) is 18.5 Å². The Morgan fingerprint density at radius 2 is 1.78 bits per heavy atom. The largest absolute Gasteiger partial charge is 0.281 e. The second kappa shape index (κ2) is 6.47. The second-order valence-electron chi connectivity index (χ2n) is 3.67. The van der Waals surface area contributed by atoms with Crippen molar-refractivity contribution in [2.45, 2.75) is 18.8 Å². The van der Waals surface area contributed by atoms with E-state index in [4.69, 9.17) is 23.2 Å². The van der Waals surface area contributed by atoms with Gasteiger partial charge in [0, 0.05) is 30.9 Å². The summed E-state index contributed by atoms with van der Waals surface area (Å²) in [4.78, 5) is 31.9. The zero-order chi connectivity index (χ0) is 13.7. The molecule has 0 atom stereocenters. The van der Waals surface area contributed by atoms with Gasteiger partial charge >= 0.3 is 0 Å². The predicted octanol–water partition coefficient (Wildman–Crippen LogP) is 2.99. The molecule has 0 aromatic heterocycles. The number of hydrogen-bond donors (Lipinski definition) is 0. The van der Waals surface area contributed by atoms with Gasteiger partial charge in [0.2, 0.25) is 10.5 Å². The monoisotopic (exact) mass is 289 g/mol. The number of carbonyl (C=O) groups excluding carboxylic acids is 2. The van der Waals surface area contributed by atoms with Crippen LogP contribution in [0.1, 0.15) is 24.3 Å². The Morgan fingerprint density at radius 1 is 1.22 bits per heavy atom. The molecule has 18 heavy (non-hydrogen) atoms. The minimum Gasteiger partial charge on any atom is -0.281 e. The van der Waals surface area contributed by atoms with Gasteiger partial charge < -0.3 is 0 Å². The minimum absolute atomic E-state index is 0.0960. The summed E-state index contributed by atoms with van der Waals surface area (Å²) in [6.07, 6.45) is -0.192. The number of rotatable bonds is 6. The fourth-order valence-corrected chi connectivity index (χ4v) is 1.96. The molecule has 0 saturated heterocycles. The van der Waals surface area contributed by atoms with E-state index >= 15 is 0 Å². The Hall–Kier alpha value is -1.46. The lowest BCUT2D eigenvalue weighted by Crippen LogP contribution is -2.07. The summed E-state index contributed by atoms with van der Waals surface area (Å²) in [7, 11) is 0. The molecule has 96 valence electrons. The molecule has 0 aliphatic heterocycles. The summed E-state index contributed by atoms with van der Waals surface area (Å²) < 4.78 is 0. The maximum atomic E-state index is 10.9. The van der Waals surface area contributed by atoms with Gasteiger partial charge in [-0.25, -0.2) is 0 Å². The Kier molecular flexibility index (Phi) is 5.25. The molecule has 0 heterocycles. The topological polar surface area (TPSA) is 77.3 Å². The zero-order valence-corrected chi connectivity index (χ0v) is 10.6. The van der Waals surface area contributed by atoms with Crippen LogP contribution in [0.2, 0.25) is 0 Å². The molecule has 0 aliphatic rings. The number of nitro benzene ring substituents is 1. The fraction of sp³-hybridized carbons (Fsp3) is 0.273. The van der Waals surface area contributed by atoms with Crippen molar-refractivity contribution in [2.24, 2.45) is 0 Å². The first-order valence-corrected chi connectivity index (χ1v) is 5.76. The summed E-state index contributed by atoms with van der Waals surface area (Å²) in [6.45, 7) is 0. The number of benzene rings is 1. The number of halogens is 2. The SMILES string of the molecule is O=C(Cl)CC(CC(=O)Cl)c1cccc([N+](=O)[O-])c1. The normalized spacial score (nSPS) is 10.4. The lowest BCUT2D eigenvalue weighted by atomic mass is 9.93. The van der Waals surface area contributed by atoms with E-state index in [1.54, 1.807) is 6.07 Å². The van der Waals surface area contributed by atoms with Crippen LogP contribution in [0.5, 0.6) is 0 Å². The molecule has 0 fully saturated rings. The third-order valence-electron chi connectivity index (χ3n) is 2.37. The molecule has 0 radical (unpaired) electrons. The van der Waals surface area contributed by atoms with Crippen LogP contribution < -0.4 is 0 Å². The highest BCUT2D eigenvalue weighted by molar-refractivity contribution is 6.64. The quantitative estimate of drug-likeness (QED) is 0.458. The number of hydrogen-bond acceptors (Lipinski definition) is 4. The van der Waals surface area contributed by atoms with E-state index in [2.05, 4.69) is 0 Å². The molecule has 5 nitrogen and oxygen atoms in total. The number of non-ortho nitro benzene ring substituents is 1. The van der Waals surface area contributed by atoms with Gasteiger partial charge in [0.1, 0.15) is 0 Å². The van der Waals surface area contributed by atoms with E-state index in [1.165, 1.54) is 18.2 Å². The first kappa shape index (κ1) is 14.6. The number of carbonyl (C=O) groups is 2. The molecule has 0 saturated carbocycles. The van der Waals surface area contributed by atoms with E-state index in [1.807, 2.05) is 0 Å². The van der Waals surface area contributed by atoms with Crippen molar-refractivity contribution in [3.05, 3.63) is 39.9 Å². The minimum atomic E-state index is -0.621. The first-order chi connectivity index (χ1) is 8.40. The first-order valence-electron chi connectivity index (χ1n) is 5.01. The van der Waals surface area contributed by atoms with Crippen molar-refractivity contribution < 1.29 is 14.5 Å². The summed E-state index contributed by atoms with van der Waals surface area (Å²) in [6, 6.07) is 5.71. The van der Waals surface area contributed by atoms with Gasteiger partial charge in [0.25, 0.3) is 5.69 Å². The van der Waals surface area contributed by atoms with Gasteiger partial charge in [-0.2, -0.15) is 0 Å². The second-order valence-corrected chi connectivity index (χ2v) is 4.51. The van der Waals surface area contributed by atoms with Crippen LogP contribution >= 0.6 is 23.2 Å². The molecule has 0 bridgehead atoms. The summed E-state index contributed by atoms with van der Waals surface area (Å²) in [5.41, 5.74) is 0.383.